The summed E-state index contributed by atoms with van der Waals surface area (Å²) < 4.78 is 41.4. The number of carbonyl (C=O) groups excluding carboxylic acids is 4. The molecular weight excluding hydrogens is 1140 g/mol. The van der Waals surface area contributed by atoms with Gasteiger partial charge >= 0.3 is 18.0 Å². The number of benzene rings is 2. The molecule has 4 rings (SSSR count). The maximum absolute atomic E-state index is 14.9. The van der Waals surface area contributed by atoms with Gasteiger partial charge < -0.3 is 32.5 Å². The highest BCUT2D eigenvalue weighted by atomic mass is 28.4. The first-order chi connectivity index (χ1) is 39.6. The van der Waals surface area contributed by atoms with E-state index in [4.69, 9.17) is 27.2 Å². The molecule has 0 aromatic heterocycles. The number of cyclic esters (lactones) is 2. The summed E-state index contributed by atoms with van der Waals surface area (Å²) in [5, 5.41) is 2.45. The summed E-state index contributed by atoms with van der Waals surface area (Å²) in [7, 11) is -9.44. The fourth-order valence-electron chi connectivity index (χ4n) is 8.97. The lowest BCUT2D eigenvalue weighted by Crippen LogP contribution is -2.46. The molecule has 1 unspecified atom stereocenters. The van der Waals surface area contributed by atoms with Gasteiger partial charge in [-0.25, -0.2) is 19.3 Å². The van der Waals surface area contributed by atoms with Crippen LogP contribution in [0.15, 0.2) is 110 Å². The van der Waals surface area contributed by atoms with E-state index in [1.807, 2.05) is 49.4 Å². The molecule has 3 amide bonds. The molecule has 16 heteroatoms. The van der Waals surface area contributed by atoms with Crippen molar-refractivity contribution in [2.75, 3.05) is 0 Å². The molecule has 2 aromatic rings. The number of ether oxygens (including phenoxy) is 2. The summed E-state index contributed by atoms with van der Waals surface area (Å²) in [6.45, 7) is 50.4. The van der Waals surface area contributed by atoms with E-state index in [9.17, 15) is 19.2 Å². The van der Waals surface area contributed by atoms with E-state index < -0.39 is 69.4 Å². The van der Waals surface area contributed by atoms with Gasteiger partial charge in [0.2, 0.25) is 0 Å². The van der Waals surface area contributed by atoms with Gasteiger partial charge in [-0.15, -0.1) is 0 Å². The monoisotopic (exact) mass is 1250 g/mol. The van der Waals surface area contributed by atoms with Crippen LogP contribution in [-0.4, -0.2) is 86.5 Å². The molecule has 12 nitrogen and oxygen atoms in total. The van der Waals surface area contributed by atoms with Crippen molar-refractivity contribution < 1.29 is 46.4 Å². The summed E-state index contributed by atoms with van der Waals surface area (Å²) in [5.74, 6) is -0.349. The summed E-state index contributed by atoms with van der Waals surface area (Å²) in [6, 6.07) is 10.8. The Morgan fingerprint density at radius 3 is 1.38 bits per heavy atom. The van der Waals surface area contributed by atoms with Crippen LogP contribution in [0.5, 0.6) is 11.5 Å². The van der Waals surface area contributed by atoms with Crippen molar-refractivity contribution in [3.63, 3.8) is 0 Å². The highest BCUT2D eigenvalue weighted by Gasteiger charge is 2.45. The van der Waals surface area contributed by atoms with Crippen molar-refractivity contribution in [3.05, 3.63) is 132 Å². The minimum Gasteiger partial charge on any atom is -0.543 e. The van der Waals surface area contributed by atoms with Crippen LogP contribution in [0.1, 0.15) is 181 Å². The van der Waals surface area contributed by atoms with Crippen molar-refractivity contribution in [1.82, 2.24) is 10.2 Å². The Labute approximate surface area is 524 Å². The van der Waals surface area contributed by atoms with Gasteiger partial charge in [0.05, 0.1) is 12.2 Å². The predicted molar refractivity (Wildman–Crippen MR) is 365 cm³/mol. The predicted octanol–water partition coefficient (Wildman–Crippen LogP) is 18.9. The Morgan fingerprint density at radius 1 is 0.581 bits per heavy atom. The Hall–Kier alpha value is -4.85. The van der Waals surface area contributed by atoms with E-state index in [0.29, 0.717) is 48.3 Å². The molecule has 2 aliphatic heterocycles. The number of nitrogens with zero attached hydrogens (tertiary/aromatic N) is 1. The number of urea groups is 1. The fourth-order valence-corrected chi connectivity index (χ4v) is 13.9. The Kier molecular flexibility index (Phi) is 26.2. The molecule has 0 saturated heterocycles. The Balaban J connectivity index is 1.77. The number of imide groups is 1. The molecule has 2 aromatic carbocycles. The first-order valence-corrected chi connectivity index (χ1v) is 43.2. The lowest BCUT2D eigenvalue weighted by atomic mass is 9.93. The number of nitrogens with one attached hydrogen (secondary N) is 1. The van der Waals surface area contributed by atoms with Gasteiger partial charge in [0, 0.05) is 44.2 Å². The number of hydrogen-bond acceptors (Lipinski definition) is 10. The minimum absolute atomic E-state index is 0.0673. The average molecular weight is 1250 g/mol. The summed E-state index contributed by atoms with van der Waals surface area (Å²) in [5.41, 5.74) is 2.46. The smallest absolute Gasteiger partial charge is 0.342 e. The number of allylic oxidation sites excluding steroid dienone is 7. The fraction of sp³-hybridized carbons (Fsp3) is 0.600. The number of carbonyl (C=O) groups is 4. The van der Waals surface area contributed by atoms with Crippen LogP contribution in [0.4, 0.5) is 4.79 Å². The SMILES string of the molecule is CCC=CC=CC(=O)N(C=CCC1C[C@@H](O[Si](C)(C)C(C)(C)C)[C@@H](C)CC=CCc2cccc(O[Si](C)(C)C(C)(C)C)c2C(=O)O1)C(=O)NC=CC[C@H]1C[C@@H](O[Si](C)(C)C(C)(C)C)[C@@H](C)CC=CCc2cccc(O[Si](C)(C)C(C)(C)C)c2C(=O)O1. The zero-order chi connectivity index (χ0) is 64.9. The minimum atomic E-state index is -2.41. The van der Waals surface area contributed by atoms with Gasteiger partial charge in [0.15, 0.2) is 16.6 Å². The summed E-state index contributed by atoms with van der Waals surface area (Å²) >= 11 is 0. The molecule has 0 radical (unpaired) electrons. The van der Waals surface area contributed by atoms with Crippen LogP contribution in [0, 0.1) is 11.8 Å². The van der Waals surface area contributed by atoms with Crippen molar-refractivity contribution in [2.45, 2.75) is 259 Å². The number of esters is 2. The van der Waals surface area contributed by atoms with Crippen LogP contribution in [0.25, 0.3) is 0 Å². The third-order valence-electron chi connectivity index (χ3n) is 18.9. The van der Waals surface area contributed by atoms with Gasteiger partial charge in [-0.1, -0.05) is 183 Å². The molecule has 478 valence electrons. The van der Waals surface area contributed by atoms with Crippen molar-refractivity contribution in [2.24, 2.45) is 11.8 Å². The third kappa shape index (κ3) is 20.9. The zero-order valence-electron chi connectivity index (χ0n) is 57.3. The molecule has 0 bridgehead atoms. The molecule has 0 spiro atoms. The van der Waals surface area contributed by atoms with E-state index in [-0.39, 0.29) is 57.0 Å². The molecule has 1 N–H and O–H groups in total. The Morgan fingerprint density at radius 2 is 0.988 bits per heavy atom. The van der Waals surface area contributed by atoms with E-state index in [0.717, 1.165) is 35.3 Å². The van der Waals surface area contributed by atoms with Gasteiger partial charge in [0.1, 0.15) is 34.8 Å². The van der Waals surface area contributed by atoms with Crippen molar-refractivity contribution in [3.8, 4) is 11.5 Å². The maximum Gasteiger partial charge on any atom is 0.342 e. The van der Waals surface area contributed by atoms with Gasteiger partial charge in [-0.3, -0.25) is 4.79 Å². The Bertz CT molecular complexity index is 2800. The molecule has 6 atom stereocenters. The lowest BCUT2D eigenvalue weighted by Gasteiger charge is -2.41. The van der Waals surface area contributed by atoms with Crippen LogP contribution in [0.2, 0.25) is 72.5 Å². The van der Waals surface area contributed by atoms with E-state index in [1.54, 1.807) is 24.3 Å². The molecule has 0 saturated carbocycles. The second kappa shape index (κ2) is 30.6. The summed E-state index contributed by atoms with van der Waals surface area (Å²) in [4.78, 5) is 59.3. The maximum atomic E-state index is 14.9. The molecule has 2 heterocycles. The van der Waals surface area contributed by atoms with Crippen LogP contribution < -0.4 is 14.2 Å². The number of amides is 3. The first-order valence-electron chi connectivity index (χ1n) is 31.6. The van der Waals surface area contributed by atoms with Crippen molar-refractivity contribution >= 4 is 57.1 Å². The molecule has 0 aliphatic carbocycles. The number of fused-ring (bicyclic) bond motifs is 2. The molecule has 86 heavy (non-hydrogen) atoms. The standard InChI is InChI=1S/C70H112N2O10Si4/c1-24-25-26-27-46-61(73)72(48-35-43-56-50-60(82-86(22,23)70(13,14)15)52(3)37-29-31-39-54-41-33-45-58(63(54)65(75)78-56)80-84(18,19)68(7,8)9)66(76)71-47-34-42-55-49-59(81-85(20,21)69(10,11)12)51(2)36-28-30-38-53-40-32-44-57(62(53)64(74)77-55)79-83(16,17)67(4,5)6/h25-35,40-41,44-48,51-52,55-56,59-60H,24,36-39,42-43,49-50H2,1-23H3,(H,71,76)/t51-,52-,55-,56?,59+,60+/m0/s1. The highest BCUT2D eigenvalue weighted by molar-refractivity contribution is 6.75. The second-order valence-corrected chi connectivity index (χ2v) is 49.0. The van der Waals surface area contributed by atoms with Gasteiger partial charge in [0.25, 0.3) is 22.5 Å². The quantitative estimate of drug-likeness (QED) is 0.0535. The highest BCUT2D eigenvalue weighted by Crippen LogP contribution is 2.44. The van der Waals surface area contributed by atoms with E-state index in [1.165, 1.54) is 18.5 Å². The second-order valence-electron chi connectivity index (χ2n) is 30.1. The number of rotatable bonds is 17. The van der Waals surface area contributed by atoms with Crippen LogP contribution >= 0.6 is 0 Å². The van der Waals surface area contributed by atoms with Crippen molar-refractivity contribution in [1.29, 1.82) is 0 Å². The van der Waals surface area contributed by atoms with Crippen LogP contribution in [-0.2, 0) is 36.0 Å². The van der Waals surface area contributed by atoms with E-state index in [2.05, 4.69) is 179 Å². The summed E-state index contributed by atoms with van der Waals surface area (Å²) in [6.07, 6.45) is 24.4. The molecule has 0 fully saturated rings. The number of hydrogen-bond donors (Lipinski definition) is 1. The topological polar surface area (TPSA) is 139 Å². The van der Waals surface area contributed by atoms with Gasteiger partial charge in [-0.05, 0) is 140 Å². The normalized spacial score (nSPS) is 21.4. The average Bonchev–Trinajstić information content (AvgIpc) is 2.22. The molecule has 2 aliphatic rings. The lowest BCUT2D eigenvalue weighted by molar-refractivity contribution is -0.121. The molecular formula is C70H112N2O10Si4. The van der Waals surface area contributed by atoms with Crippen LogP contribution in [0.3, 0.4) is 0 Å². The third-order valence-corrected chi connectivity index (χ3v) is 36.6. The zero-order valence-corrected chi connectivity index (χ0v) is 61.3. The first kappa shape index (κ1) is 73.6. The largest absolute Gasteiger partial charge is 0.543 e. The van der Waals surface area contributed by atoms with Gasteiger partial charge in [-0.2, -0.15) is 0 Å². The van der Waals surface area contributed by atoms with E-state index >= 15 is 0 Å².